The van der Waals surface area contributed by atoms with Crippen molar-refractivity contribution in [3.63, 3.8) is 0 Å². The summed E-state index contributed by atoms with van der Waals surface area (Å²) in [5.41, 5.74) is 6.35. The average molecular weight is 411 g/mol. The van der Waals surface area contributed by atoms with Gasteiger partial charge in [-0.2, -0.15) is 0 Å². The highest BCUT2D eigenvalue weighted by Crippen LogP contribution is 2.43. The molecule has 0 saturated carbocycles. The summed E-state index contributed by atoms with van der Waals surface area (Å²) in [6.07, 6.45) is 1.17. The van der Waals surface area contributed by atoms with E-state index in [1.165, 1.54) is 12.0 Å². The Hall–Kier alpha value is -2.87. The molecule has 1 unspecified atom stereocenters. The van der Waals surface area contributed by atoms with Crippen LogP contribution in [0.2, 0.25) is 0 Å². The highest BCUT2D eigenvalue weighted by atomic mass is 15.1. The highest BCUT2D eigenvalue weighted by Gasteiger charge is 2.30. The summed E-state index contributed by atoms with van der Waals surface area (Å²) in [6.45, 7) is 14.1. The molecule has 2 heteroatoms. The van der Waals surface area contributed by atoms with E-state index in [2.05, 4.69) is 125 Å². The second kappa shape index (κ2) is 8.00. The summed E-state index contributed by atoms with van der Waals surface area (Å²) in [4.78, 5) is 5.00. The monoisotopic (exact) mass is 410 g/mol. The predicted molar refractivity (Wildman–Crippen MR) is 133 cm³/mol. The average Bonchev–Trinajstić information content (AvgIpc) is 3.11. The molecule has 1 atom stereocenters. The molecular formula is C29H34N2. The summed E-state index contributed by atoms with van der Waals surface area (Å²) in [6, 6.07) is 28.0. The smallest absolute Gasteiger partial charge is 0.145 e. The van der Waals surface area contributed by atoms with Crippen molar-refractivity contribution < 1.29 is 0 Å². The van der Waals surface area contributed by atoms with Crippen molar-refractivity contribution in [2.24, 2.45) is 10.8 Å². The van der Waals surface area contributed by atoms with E-state index in [-0.39, 0.29) is 10.8 Å². The van der Waals surface area contributed by atoms with Gasteiger partial charge < -0.3 is 0 Å². The largest absolute Gasteiger partial charge is 0.292 e. The molecule has 0 N–H and O–H groups in total. The lowest BCUT2D eigenvalue weighted by atomic mass is 9.69. The number of fused-ring (bicyclic) bond motifs is 1. The third kappa shape index (κ3) is 4.58. The standard InChI is InChI=1S/C29H34N2/c1-28(2,3)20-24(29(4,5)6)21-16-18-22(19-17-21)27-30-25-14-10-11-15-26(25)31(27)23-12-8-7-9-13-23/h7-19,24H,20H2,1-6H3. The van der Waals surface area contributed by atoms with Crippen molar-refractivity contribution in [2.75, 3.05) is 0 Å². The van der Waals surface area contributed by atoms with Crippen molar-refractivity contribution in [3.8, 4) is 17.1 Å². The molecule has 0 radical (unpaired) electrons. The van der Waals surface area contributed by atoms with E-state index < -0.39 is 0 Å². The first-order valence-corrected chi connectivity index (χ1v) is 11.3. The fourth-order valence-corrected chi connectivity index (χ4v) is 4.46. The molecule has 0 spiro atoms. The normalized spacial score (nSPS) is 13.5. The van der Waals surface area contributed by atoms with E-state index in [1.54, 1.807) is 0 Å². The van der Waals surface area contributed by atoms with E-state index in [1.807, 2.05) is 0 Å². The van der Waals surface area contributed by atoms with Gasteiger partial charge in [0.1, 0.15) is 5.82 Å². The molecule has 2 nitrogen and oxygen atoms in total. The van der Waals surface area contributed by atoms with E-state index >= 15 is 0 Å². The summed E-state index contributed by atoms with van der Waals surface area (Å²) in [7, 11) is 0. The van der Waals surface area contributed by atoms with E-state index in [4.69, 9.17) is 4.98 Å². The minimum absolute atomic E-state index is 0.214. The lowest BCUT2D eigenvalue weighted by molar-refractivity contribution is 0.229. The van der Waals surface area contributed by atoms with Crippen LogP contribution in [-0.4, -0.2) is 9.55 Å². The zero-order chi connectivity index (χ0) is 22.2. The van der Waals surface area contributed by atoms with Crippen LogP contribution >= 0.6 is 0 Å². The van der Waals surface area contributed by atoms with Gasteiger partial charge in [0.25, 0.3) is 0 Å². The first-order chi connectivity index (χ1) is 14.6. The zero-order valence-corrected chi connectivity index (χ0v) is 19.7. The number of imidazole rings is 1. The second-order valence-corrected chi connectivity index (χ2v) is 10.9. The lowest BCUT2D eigenvalue weighted by Gasteiger charge is -2.36. The number of para-hydroxylation sites is 3. The molecule has 0 saturated heterocycles. The van der Waals surface area contributed by atoms with Crippen LogP contribution in [-0.2, 0) is 0 Å². The SMILES string of the molecule is CC(C)(C)CC(c1ccc(-c2nc3ccccc3n2-c2ccccc2)cc1)C(C)(C)C. The molecule has 0 aliphatic carbocycles. The minimum Gasteiger partial charge on any atom is -0.292 e. The van der Waals surface area contributed by atoms with Crippen LogP contribution in [0.3, 0.4) is 0 Å². The molecule has 160 valence electrons. The third-order valence-electron chi connectivity index (χ3n) is 6.01. The van der Waals surface area contributed by atoms with Gasteiger partial charge >= 0.3 is 0 Å². The van der Waals surface area contributed by atoms with Crippen LogP contribution in [0.4, 0.5) is 0 Å². The van der Waals surface area contributed by atoms with Crippen LogP contribution in [0.1, 0.15) is 59.4 Å². The summed E-state index contributed by atoms with van der Waals surface area (Å²) < 4.78 is 2.26. The van der Waals surface area contributed by atoms with Crippen LogP contribution in [0.15, 0.2) is 78.9 Å². The fraction of sp³-hybridized carbons (Fsp3) is 0.345. The topological polar surface area (TPSA) is 17.8 Å². The number of aromatic nitrogens is 2. The van der Waals surface area contributed by atoms with Crippen LogP contribution in [0.25, 0.3) is 28.1 Å². The summed E-state index contributed by atoms with van der Waals surface area (Å²) in [5, 5.41) is 0. The molecule has 4 aromatic rings. The molecule has 0 fully saturated rings. The Kier molecular flexibility index (Phi) is 5.51. The van der Waals surface area contributed by atoms with Gasteiger partial charge in [-0.05, 0) is 53.0 Å². The molecule has 1 heterocycles. The Labute approximate surface area is 187 Å². The minimum atomic E-state index is 0.214. The summed E-state index contributed by atoms with van der Waals surface area (Å²) >= 11 is 0. The Morgan fingerprint density at radius 1 is 0.742 bits per heavy atom. The van der Waals surface area contributed by atoms with Gasteiger partial charge in [-0.15, -0.1) is 0 Å². The summed E-state index contributed by atoms with van der Waals surface area (Å²) in [5.74, 6) is 1.50. The Morgan fingerprint density at radius 2 is 1.35 bits per heavy atom. The molecular weight excluding hydrogens is 376 g/mol. The first-order valence-electron chi connectivity index (χ1n) is 11.3. The number of benzene rings is 3. The maximum Gasteiger partial charge on any atom is 0.145 e. The van der Waals surface area contributed by atoms with Gasteiger partial charge in [0.15, 0.2) is 0 Å². The Balaban J connectivity index is 1.80. The van der Waals surface area contributed by atoms with Gasteiger partial charge in [0.2, 0.25) is 0 Å². The number of hydrogen-bond acceptors (Lipinski definition) is 1. The molecule has 0 aliphatic heterocycles. The maximum absolute atomic E-state index is 5.00. The maximum atomic E-state index is 5.00. The molecule has 31 heavy (non-hydrogen) atoms. The Morgan fingerprint density at radius 3 is 1.97 bits per heavy atom. The first kappa shape index (κ1) is 21.4. The molecule has 3 aromatic carbocycles. The molecule has 0 amide bonds. The van der Waals surface area contributed by atoms with Gasteiger partial charge in [0.05, 0.1) is 11.0 Å². The number of rotatable bonds is 4. The lowest BCUT2D eigenvalue weighted by Crippen LogP contribution is -2.23. The van der Waals surface area contributed by atoms with Crippen molar-refractivity contribution in [2.45, 2.75) is 53.9 Å². The predicted octanol–water partition coefficient (Wildman–Crippen LogP) is 8.26. The zero-order valence-electron chi connectivity index (χ0n) is 19.7. The van der Waals surface area contributed by atoms with E-state index in [0.717, 1.165) is 28.1 Å². The highest BCUT2D eigenvalue weighted by molar-refractivity contribution is 5.83. The Bertz CT molecular complexity index is 1150. The molecule has 0 aliphatic rings. The van der Waals surface area contributed by atoms with Gasteiger partial charge in [-0.3, -0.25) is 4.57 Å². The molecule has 1 aromatic heterocycles. The van der Waals surface area contributed by atoms with E-state index in [0.29, 0.717) is 5.92 Å². The number of hydrogen-bond donors (Lipinski definition) is 0. The van der Waals surface area contributed by atoms with E-state index in [9.17, 15) is 0 Å². The number of nitrogens with zero attached hydrogens (tertiary/aromatic N) is 2. The third-order valence-corrected chi connectivity index (χ3v) is 6.01. The van der Waals surface area contributed by atoms with Crippen LogP contribution in [0.5, 0.6) is 0 Å². The van der Waals surface area contributed by atoms with Crippen molar-refractivity contribution in [1.82, 2.24) is 9.55 Å². The molecule has 0 bridgehead atoms. The van der Waals surface area contributed by atoms with Crippen LogP contribution in [0, 0.1) is 10.8 Å². The quantitative estimate of drug-likeness (QED) is 0.331. The fourth-order valence-electron chi connectivity index (χ4n) is 4.46. The van der Waals surface area contributed by atoms with Gasteiger partial charge in [-0.1, -0.05) is 96.1 Å². The van der Waals surface area contributed by atoms with Gasteiger partial charge in [-0.25, -0.2) is 4.98 Å². The second-order valence-electron chi connectivity index (χ2n) is 10.9. The van der Waals surface area contributed by atoms with Crippen LogP contribution < -0.4 is 0 Å². The van der Waals surface area contributed by atoms with Crippen molar-refractivity contribution in [1.29, 1.82) is 0 Å². The van der Waals surface area contributed by atoms with Crippen molar-refractivity contribution in [3.05, 3.63) is 84.4 Å². The van der Waals surface area contributed by atoms with Crippen molar-refractivity contribution >= 4 is 11.0 Å². The van der Waals surface area contributed by atoms with Gasteiger partial charge in [0, 0.05) is 11.3 Å². The molecule has 4 rings (SSSR count).